The smallest absolute Gasteiger partial charge is 0.271 e. The molecule has 3 heterocycles. The molecule has 1 aliphatic rings. The average Bonchev–Trinajstić information content (AvgIpc) is 2.85. The van der Waals surface area contributed by atoms with Crippen molar-refractivity contribution in [3.05, 3.63) is 29.5 Å². The number of nitrogens with zero attached hydrogens (tertiary/aromatic N) is 4. The van der Waals surface area contributed by atoms with Crippen LogP contribution in [0.5, 0.6) is 0 Å². The van der Waals surface area contributed by atoms with Crippen LogP contribution in [-0.2, 0) is 10.6 Å². The lowest BCUT2D eigenvalue weighted by atomic mass is 10.1. The maximum atomic E-state index is 7.01. The Kier molecular flexibility index (Phi) is 3.36. The second kappa shape index (κ2) is 5.16. The van der Waals surface area contributed by atoms with Crippen LogP contribution in [0.1, 0.15) is 24.7 Å². The van der Waals surface area contributed by atoms with Gasteiger partial charge in [-0.1, -0.05) is 6.57 Å². The normalized spacial score (nSPS) is 16.6. The quantitative estimate of drug-likeness (QED) is 0.625. The van der Waals surface area contributed by atoms with Crippen molar-refractivity contribution in [2.75, 3.05) is 13.2 Å². The number of hydrogen-bond donors (Lipinski definition) is 0. The van der Waals surface area contributed by atoms with Crippen LogP contribution in [0.15, 0.2) is 12.3 Å². The summed E-state index contributed by atoms with van der Waals surface area (Å²) in [6, 6.07) is 2.07. The van der Waals surface area contributed by atoms with Crippen LogP contribution in [-0.4, -0.2) is 27.7 Å². The molecule has 0 radical (unpaired) electrons. The third kappa shape index (κ3) is 2.18. The Bertz CT molecular complexity index is 640. The highest BCUT2D eigenvalue weighted by atomic mass is 35.5. The van der Waals surface area contributed by atoms with Crippen LogP contribution in [0.3, 0.4) is 0 Å². The highest BCUT2D eigenvalue weighted by Crippen LogP contribution is 2.29. The predicted molar refractivity (Wildman–Crippen MR) is 72.4 cm³/mol. The standard InChI is InChI=1S/C13H13ClN4O/c1-15-12-6-10-11(8-16-12)18(13(7-14)17-10)9-2-4-19-5-3-9/h6,8-9H,2-5,7H2. The van der Waals surface area contributed by atoms with Crippen LogP contribution in [0, 0.1) is 6.57 Å². The summed E-state index contributed by atoms with van der Waals surface area (Å²) in [5.74, 6) is 1.57. The van der Waals surface area contributed by atoms with E-state index in [0.29, 0.717) is 17.7 Å². The molecule has 0 saturated carbocycles. The fourth-order valence-corrected chi connectivity index (χ4v) is 2.73. The van der Waals surface area contributed by atoms with Crippen molar-refractivity contribution in [2.45, 2.75) is 24.8 Å². The predicted octanol–water partition coefficient (Wildman–Crippen LogP) is 3.07. The molecule has 98 valence electrons. The molecule has 0 spiro atoms. The molecule has 0 aromatic carbocycles. The average molecular weight is 277 g/mol. The Morgan fingerprint density at radius 1 is 1.47 bits per heavy atom. The molecule has 0 bridgehead atoms. The van der Waals surface area contributed by atoms with Gasteiger partial charge in [0, 0.05) is 19.3 Å². The Morgan fingerprint density at radius 2 is 2.26 bits per heavy atom. The Labute approximate surface area is 116 Å². The summed E-state index contributed by atoms with van der Waals surface area (Å²) in [7, 11) is 0. The Hall–Kier alpha value is -1.64. The molecule has 2 aromatic rings. The molecule has 6 heteroatoms. The van der Waals surface area contributed by atoms with Gasteiger partial charge in [0.25, 0.3) is 5.82 Å². The molecule has 3 rings (SSSR count). The molecule has 1 aliphatic heterocycles. The van der Waals surface area contributed by atoms with Gasteiger partial charge in [-0.15, -0.1) is 16.6 Å². The van der Waals surface area contributed by atoms with Gasteiger partial charge in [0.15, 0.2) is 0 Å². The van der Waals surface area contributed by atoms with Crippen molar-refractivity contribution in [2.24, 2.45) is 0 Å². The van der Waals surface area contributed by atoms with Crippen LogP contribution in [0.25, 0.3) is 15.9 Å². The zero-order chi connectivity index (χ0) is 13.2. The van der Waals surface area contributed by atoms with Gasteiger partial charge < -0.3 is 14.1 Å². The molecule has 0 N–H and O–H groups in total. The van der Waals surface area contributed by atoms with E-state index in [-0.39, 0.29) is 0 Å². The third-order valence-electron chi connectivity index (χ3n) is 3.42. The number of ether oxygens (including phenoxy) is 1. The summed E-state index contributed by atoms with van der Waals surface area (Å²) in [6.07, 6.45) is 3.64. The first kappa shape index (κ1) is 12.4. The first-order valence-electron chi connectivity index (χ1n) is 6.21. The van der Waals surface area contributed by atoms with Crippen LogP contribution >= 0.6 is 11.6 Å². The summed E-state index contributed by atoms with van der Waals surface area (Å²) in [5, 5.41) is 0. The molecule has 5 nitrogen and oxygen atoms in total. The van der Waals surface area contributed by atoms with Crippen molar-refractivity contribution < 1.29 is 4.74 Å². The molecule has 0 aliphatic carbocycles. The Balaban J connectivity index is 2.13. The number of pyridine rings is 1. The van der Waals surface area contributed by atoms with Crippen molar-refractivity contribution in [3.63, 3.8) is 0 Å². The molecular formula is C13H13ClN4O. The largest absolute Gasteiger partial charge is 0.381 e. The fraction of sp³-hybridized carbons (Fsp3) is 0.462. The zero-order valence-electron chi connectivity index (χ0n) is 10.3. The summed E-state index contributed by atoms with van der Waals surface area (Å²) >= 11 is 6.00. The lowest BCUT2D eigenvalue weighted by molar-refractivity contribution is 0.0700. The first-order chi connectivity index (χ1) is 9.33. The highest BCUT2D eigenvalue weighted by molar-refractivity contribution is 6.16. The molecule has 1 fully saturated rings. The number of aromatic nitrogens is 3. The minimum atomic E-state index is 0.355. The van der Waals surface area contributed by atoms with E-state index in [0.717, 1.165) is 42.9 Å². The van der Waals surface area contributed by atoms with E-state index < -0.39 is 0 Å². The SMILES string of the molecule is [C-]#[N+]c1cc2nc(CCl)n(C3CCOCC3)c2cn1. The van der Waals surface area contributed by atoms with Gasteiger partial charge in [-0.3, -0.25) is 0 Å². The lowest BCUT2D eigenvalue weighted by Crippen LogP contribution is -2.20. The zero-order valence-corrected chi connectivity index (χ0v) is 11.1. The Morgan fingerprint density at radius 3 is 2.95 bits per heavy atom. The van der Waals surface area contributed by atoms with Gasteiger partial charge in [-0.2, -0.15) is 0 Å². The van der Waals surface area contributed by atoms with Gasteiger partial charge in [-0.25, -0.2) is 4.98 Å². The second-order valence-corrected chi connectivity index (χ2v) is 4.79. The van der Waals surface area contributed by atoms with Crippen molar-refractivity contribution in [3.8, 4) is 0 Å². The number of alkyl halides is 1. The van der Waals surface area contributed by atoms with E-state index in [1.165, 1.54) is 0 Å². The monoisotopic (exact) mass is 276 g/mol. The number of rotatable bonds is 2. The van der Waals surface area contributed by atoms with Crippen molar-refractivity contribution in [1.29, 1.82) is 0 Å². The lowest BCUT2D eigenvalue weighted by Gasteiger charge is -2.25. The maximum absolute atomic E-state index is 7.01. The number of imidazole rings is 1. The third-order valence-corrected chi connectivity index (χ3v) is 3.66. The van der Waals surface area contributed by atoms with E-state index in [9.17, 15) is 0 Å². The van der Waals surface area contributed by atoms with E-state index in [4.69, 9.17) is 22.9 Å². The maximum Gasteiger partial charge on any atom is 0.271 e. The van der Waals surface area contributed by atoms with E-state index in [1.807, 2.05) is 0 Å². The highest BCUT2D eigenvalue weighted by Gasteiger charge is 2.22. The van der Waals surface area contributed by atoms with E-state index in [2.05, 4.69) is 19.4 Å². The van der Waals surface area contributed by atoms with Crippen LogP contribution in [0.4, 0.5) is 5.82 Å². The number of hydrogen-bond acceptors (Lipinski definition) is 3. The molecule has 1 saturated heterocycles. The van der Waals surface area contributed by atoms with Crippen molar-refractivity contribution in [1.82, 2.24) is 14.5 Å². The molecule has 19 heavy (non-hydrogen) atoms. The van der Waals surface area contributed by atoms with Gasteiger partial charge in [-0.05, 0) is 18.9 Å². The number of halogens is 1. The molecular weight excluding hydrogens is 264 g/mol. The second-order valence-electron chi connectivity index (χ2n) is 4.52. The fourth-order valence-electron chi connectivity index (χ4n) is 2.54. The minimum absolute atomic E-state index is 0.355. The molecule has 2 aromatic heterocycles. The minimum Gasteiger partial charge on any atom is -0.381 e. The molecule has 0 atom stereocenters. The molecule has 0 unspecified atom stereocenters. The van der Waals surface area contributed by atoms with Gasteiger partial charge in [0.2, 0.25) is 0 Å². The van der Waals surface area contributed by atoms with Crippen LogP contribution in [0.2, 0.25) is 0 Å². The molecule has 0 amide bonds. The van der Waals surface area contributed by atoms with Crippen LogP contribution < -0.4 is 0 Å². The summed E-state index contributed by atoms with van der Waals surface area (Å²) in [4.78, 5) is 12.0. The first-order valence-corrected chi connectivity index (χ1v) is 6.75. The van der Waals surface area contributed by atoms with Crippen molar-refractivity contribution >= 4 is 28.5 Å². The summed E-state index contributed by atoms with van der Waals surface area (Å²) in [5.41, 5.74) is 1.75. The topological polar surface area (TPSA) is 44.3 Å². The summed E-state index contributed by atoms with van der Waals surface area (Å²) in [6.45, 7) is 8.53. The van der Waals surface area contributed by atoms with E-state index >= 15 is 0 Å². The van der Waals surface area contributed by atoms with E-state index in [1.54, 1.807) is 12.3 Å². The van der Waals surface area contributed by atoms with Gasteiger partial charge in [0.1, 0.15) is 17.5 Å². The van der Waals surface area contributed by atoms with Gasteiger partial charge >= 0.3 is 0 Å². The van der Waals surface area contributed by atoms with Gasteiger partial charge in [0.05, 0.1) is 11.4 Å². The number of fused-ring (bicyclic) bond motifs is 1. The summed E-state index contributed by atoms with van der Waals surface area (Å²) < 4.78 is 7.56.